The molecule has 1 amide bonds. The molecule has 3 rings (SSSR count). The number of aryl methyl sites for hydroxylation is 1. The Morgan fingerprint density at radius 1 is 1.11 bits per heavy atom. The Morgan fingerprint density at radius 2 is 1.86 bits per heavy atom. The molecule has 0 fully saturated rings. The summed E-state index contributed by atoms with van der Waals surface area (Å²) in [5, 5.41) is 3.91. The molecule has 1 heterocycles. The van der Waals surface area contributed by atoms with E-state index in [1.807, 2.05) is 37.4 Å². The molecule has 2 N–H and O–H groups in total. The highest BCUT2D eigenvalue weighted by molar-refractivity contribution is 7.92. The average molecular weight is 400 g/mol. The summed E-state index contributed by atoms with van der Waals surface area (Å²) < 4.78 is 27.8. The first-order valence-corrected chi connectivity index (χ1v) is 11.0. The van der Waals surface area contributed by atoms with Crippen molar-refractivity contribution in [3.8, 4) is 0 Å². The van der Waals surface area contributed by atoms with Crippen molar-refractivity contribution in [2.45, 2.75) is 27.3 Å². The summed E-state index contributed by atoms with van der Waals surface area (Å²) in [6.07, 6.45) is 3.11. The van der Waals surface area contributed by atoms with Gasteiger partial charge in [-0.1, -0.05) is 25.5 Å². The molecule has 28 heavy (non-hydrogen) atoms. The van der Waals surface area contributed by atoms with Crippen molar-refractivity contribution < 1.29 is 13.2 Å². The van der Waals surface area contributed by atoms with Crippen molar-refractivity contribution in [2.24, 2.45) is 5.92 Å². The normalized spacial score (nSPS) is 11.8. The smallest absolute Gasteiger partial charge is 0.257 e. The molecule has 148 valence electrons. The van der Waals surface area contributed by atoms with Gasteiger partial charge in [0.05, 0.1) is 17.5 Å². The molecule has 3 aromatic rings. The summed E-state index contributed by atoms with van der Waals surface area (Å²) in [4.78, 5) is 12.8. The van der Waals surface area contributed by atoms with Crippen LogP contribution < -0.4 is 10.0 Å². The Bertz CT molecular complexity index is 1130. The number of carbonyl (C=O) groups excluding carboxylic acids is 1. The lowest BCUT2D eigenvalue weighted by atomic mass is 10.1. The third-order valence-electron chi connectivity index (χ3n) is 4.31. The van der Waals surface area contributed by atoms with Gasteiger partial charge in [0.25, 0.3) is 5.91 Å². The van der Waals surface area contributed by atoms with Crippen LogP contribution in [0.4, 0.5) is 11.4 Å². The molecule has 6 nitrogen and oxygen atoms in total. The molecule has 0 radical (unpaired) electrons. The Morgan fingerprint density at radius 3 is 2.54 bits per heavy atom. The van der Waals surface area contributed by atoms with E-state index in [-0.39, 0.29) is 17.2 Å². The number of nitrogens with one attached hydrogen (secondary N) is 2. The van der Waals surface area contributed by atoms with Gasteiger partial charge in [0.1, 0.15) is 0 Å². The van der Waals surface area contributed by atoms with Crippen LogP contribution >= 0.6 is 0 Å². The van der Waals surface area contributed by atoms with Gasteiger partial charge < -0.3 is 9.88 Å². The first kappa shape index (κ1) is 19.9. The van der Waals surface area contributed by atoms with E-state index in [4.69, 9.17) is 0 Å². The number of nitrogens with zero attached hydrogens (tertiary/aromatic N) is 1. The summed E-state index contributed by atoms with van der Waals surface area (Å²) in [6, 6.07) is 12.8. The zero-order valence-corrected chi connectivity index (χ0v) is 17.3. The first-order valence-electron chi connectivity index (χ1n) is 9.11. The average Bonchev–Trinajstić information content (AvgIpc) is 2.96. The van der Waals surface area contributed by atoms with Gasteiger partial charge >= 0.3 is 0 Å². The number of aromatic nitrogens is 1. The number of hydrogen-bond donors (Lipinski definition) is 2. The number of fused-ring (bicyclic) bond motifs is 1. The van der Waals surface area contributed by atoms with Crippen LogP contribution in [-0.4, -0.2) is 25.1 Å². The van der Waals surface area contributed by atoms with Gasteiger partial charge in [0, 0.05) is 29.3 Å². The largest absolute Gasteiger partial charge is 0.347 e. The number of rotatable bonds is 6. The summed E-state index contributed by atoms with van der Waals surface area (Å²) in [5.74, 6) is 0.174. The summed E-state index contributed by atoms with van der Waals surface area (Å²) >= 11 is 0. The topological polar surface area (TPSA) is 80.2 Å². The monoisotopic (exact) mass is 399 g/mol. The second-order valence-electron chi connectivity index (χ2n) is 7.51. The van der Waals surface area contributed by atoms with E-state index in [2.05, 4.69) is 28.5 Å². The third kappa shape index (κ3) is 4.72. The molecule has 0 unspecified atom stereocenters. The minimum Gasteiger partial charge on any atom is -0.347 e. The maximum atomic E-state index is 12.8. The number of carbonyl (C=O) groups is 1. The van der Waals surface area contributed by atoms with E-state index in [9.17, 15) is 13.2 Å². The molecule has 0 aliphatic heterocycles. The van der Waals surface area contributed by atoms with Crippen LogP contribution in [0.1, 0.15) is 29.8 Å². The lowest BCUT2D eigenvalue weighted by molar-refractivity contribution is 0.102. The van der Waals surface area contributed by atoms with Crippen LogP contribution in [0.3, 0.4) is 0 Å². The van der Waals surface area contributed by atoms with Gasteiger partial charge in [0.2, 0.25) is 10.0 Å². The number of benzene rings is 2. The lowest BCUT2D eigenvalue weighted by Gasteiger charge is -2.13. The summed E-state index contributed by atoms with van der Waals surface area (Å²) in [5.41, 5.74) is 3.18. The van der Waals surface area contributed by atoms with Crippen LogP contribution in [0, 0.1) is 12.8 Å². The number of anilines is 2. The molecule has 0 aliphatic rings. The summed E-state index contributed by atoms with van der Waals surface area (Å²) in [6.45, 7) is 7.12. The molecular weight excluding hydrogens is 374 g/mol. The quantitative estimate of drug-likeness (QED) is 0.651. The van der Waals surface area contributed by atoms with Crippen molar-refractivity contribution in [2.75, 3.05) is 16.3 Å². The predicted molar refractivity (Wildman–Crippen MR) is 114 cm³/mol. The molecule has 0 spiro atoms. The minimum atomic E-state index is -3.49. The second-order valence-corrected chi connectivity index (χ2v) is 9.26. The van der Waals surface area contributed by atoms with Gasteiger partial charge in [-0.25, -0.2) is 8.42 Å². The molecule has 0 saturated carbocycles. The van der Waals surface area contributed by atoms with E-state index < -0.39 is 10.0 Å². The zero-order chi connectivity index (χ0) is 20.5. The SMILES string of the molecule is Cc1ccc(NS(C)(=O)=O)c(C(=O)Nc2ccc3c(ccn3CC(C)C)c2)c1. The van der Waals surface area contributed by atoms with E-state index in [0.29, 0.717) is 11.6 Å². The molecule has 0 atom stereocenters. The van der Waals surface area contributed by atoms with Crippen LogP contribution in [0.2, 0.25) is 0 Å². The second kappa shape index (κ2) is 7.67. The van der Waals surface area contributed by atoms with Gasteiger partial charge in [-0.2, -0.15) is 0 Å². The number of amides is 1. The highest BCUT2D eigenvalue weighted by Gasteiger charge is 2.15. The van der Waals surface area contributed by atoms with Crippen molar-refractivity contribution in [3.05, 3.63) is 59.8 Å². The van der Waals surface area contributed by atoms with Crippen molar-refractivity contribution in [3.63, 3.8) is 0 Å². The van der Waals surface area contributed by atoms with E-state index in [0.717, 1.165) is 29.3 Å². The molecular formula is C21H25N3O3S. The minimum absolute atomic E-state index is 0.259. The van der Waals surface area contributed by atoms with Gasteiger partial charge in [-0.05, 0) is 49.2 Å². The molecule has 0 bridgehead atoms. The maximum absolute atomic E-state index is 12.8. The predicted octanol–water partition coefficient (Wildman–Crippen LogP) is 4.23. The maximum Gasteiger partial charge on any atom is 0.257 e. The van der Waals surface area contributed by atoms with E-state index in [1.165, 1.54) is 0 Å². The lowest BCUT2D eigenvalue weighted by Crippen LogP contribution is -2.17. The Kier molecular flexibility index (Phi) is 5.47. The number of hydrogen-bond acceptors (Lipinski definition) is 3. The highest BCUT2D eigenvalue weighted by atomic mass is 32.2. The standard InChI is InChI=1S/C21H25N3O3S/c1-14(2)13-24-10-9-16-12-17(6-8-20(16)24)22-21(25)18-11-15(3)5-7-19(18)23-28(4,26)27/h5-12,14,23H,13H2,1-4H3,(H,22,25). The third-order valence-corrected chi connectivity index (χ3v) is 4.90. The van der Waals surface area contributed by atoms with Gasteiger partial charge in [-0.15, -0.1) is 0 Å². The molecule has 0 aliphatic carbocycles. The van der Waals surface area contributed by atoms with Crippen molar-refractivity contribution in [1.29, 1.82) is 0 Å². The Labute approximate surface area is 165 Å². The van der Waals surface area contributed by atoms with Crippen LogP contribution in [-0.2, 0) is 16.6 Å². The fourth-order valence-corrected chi connectivity index (χ4v) is 3.74. The highest BCUT2D eigenvalue weighted by Crippen LogP contribution is 2.24. The molecule has 0 saturated heterocycles. The Balaban J connectivity index is 1.88. The van der Waals surface area contributed by atoms with Crippen molar-refractivity contribution >= 4 is 38.2 Å². The van der Waals surface area contributed by atoms with E-state index >= 15 is 0 Å². The first-order chi connectivity index (χ1) is 13.1. The van der Waals surface area contributed by atoms with Crippen LogP contribution in [0.5, 0.6) is 0 Å². The molecule has 7 heteroatoms. The van der Waals surface area contributed by atoms with Crippen molar-refractivity contribution in [1.82, 2.24) is 4.57 Å². The van der Waals surface area contributed by atoms with Crippen LogP contribution in [0.15, 0.2) is 48.7 Å². The summed E-state index contributed by atoms with van der Waals surface area (Å²) in [7, 11) is -3.49. The fraction of sp³-hybridized carbons (Fsp3) is 0.286. The Hall–Kier alpha value is -2.80. The molecule has 2 aromatic carbocycles. The van der Waals surface area contributed by atoms with Crippen LogP contribution in [0.25, 0.3) is 10.9 Å². The van der Waals surface area contributed by atoms with E-state index in [1.54, 1.807) is 18.2 Å². The number of sulfonamides is 1. The zero-order valence-electron chi connectivity index (χ0n) is 16.5. The van der Waals surface area contributed by atoms with Gasteiger partial charge in [0.15, 0.2) is 0 Å². The fourth-order valence-electron chi connectivity index (χ4n) is 3.16. The molecule has 1 aromatic heterocycles. The van der Waals surface area contributed by atoms with Gasteiger partial charge in [-0.3, -0.25) is 9.52 Å².